The van der Waals surface area contributed by atoms with E-state index in [1.807, 2.05) is 0 Å². The third-order valence-corrected chi connectivity index (χ3v) is 3.72. The number of ether oxygens (including phenoxy) is 1. The molecule has 0 aromatic heterocycles. The van der Waals surface area contributed by atoms with Crippen molar-refractivity contribution in [1.82, 2.24) is 5.32 Å². The third-order valence-electron chi connectivity index (χ3n) is 2.70. The molecule has 0 fully saturated rings. The highest BCUT2D eigenvalue weighted by atomic mass is 35.5. The summed E-state index contributed by atoms with van der Waals surface area (Å²) in [6.07, 6.45) is 0. The molecule has 0 bridgehead atoms. The second-order valence-electron chi connectivity index (χ2n) is 4.13. The molecule has 0 spiro atoms. The number of hydrogen-bond donors (Lipinski definition) is 2. The zero-order valence-electron chi connectivity index (χ0n) is 10.9. The summed E-state index contributed by atoms with van der Waals surface area (Å²) < 4.78 is 5.63. The molecular weight excluding hydrogens is 335 g/mol. The van der Waals surface area contributed by atoms with Gasteiger partial charge in [0.2, 0.25) is 0 Å². The summed E-state index contributed by atoms with van der Waals surface area (Å²) in [4.78, 5) is 11.6. The van der Waals surface area contributed by atoms with Crippen LogP contribution in [0.3, 0.4) is 0 Å². The Kier molecular flexibility index (Phi) is 4.83. The summed E-state index contributed by atoms with van der Waals surface area (Å²) in [5, 5.41) is 3.43. The van der Waals surface area contributed by atoms with Crippen LogP contribution in [0.2, 0.25) is 15.1 Å². The monoisotopic (exact) mass is 344 g/mol. The van der Waals surface area contributed by atoms with Gasteiger partial charge in [0, 0.05) is 18.7 Å². The molecule has 2 rings (SSSR count). The van der Waals surface area contributed by atoms with Gasteiger partial charge in [-0.15, -0.1) is 0 Å². The molecular formula is C14H11Cl3N2O2. The van der Waals surface area contributed by atoms with Crippen molar-refractivity contribution in [2.45, 2.75) is 0 Å². The van der Waals surface area contributed by atoms with Gasteiger partial charge < -0.3 is 15.8 Å². The molecule has 0 aliphatic rings. The van der Waals surface area contributed by atoms with Crippen LogP contribution in [0.5, 0.6) is 11.5 Å². The topological polar surface area (TPSA) is 64.4 Å². The first-order valence-corrected chi connectivity index (χ1v) is 6.99. The minimum atomic E-state index is -0.250. The fraction of sp³-hybridized carbons (Fsp3) is 0.0714. The molecule has 21 heavy (non-hydrogen) atoms. The average molecular weight is 346 g/mol. The Labute approximate surface area is 136 Å². The molecule has 0 saturated heterocycles. The van der Waals surface area contributed by atoms with Gasteiger partial charge in [0.15, 0.2) is 5.75 Å². The number of carbonyl (C=O) groups excluding carboxylic acids is 1. The number of amides is 1. The minimum absolute atomic E-state index is 0.250. The van der Waals surface area contributed by atoms with Gasteiger partial charge in [-0.1, -0.05) is 34.8 Å². The average Bonchev–Trinajstić information content (AvgIpc) is 2.46. The van der Waals surface area contributed by atoms with Crippen LogP contribution < -0.4 is 15.8 Å². The van der Waals surface area contributed by atoms with Crippen molar-refractivity contribution in [2.75, 3.05) is 12.8 Å². The van der Waals surface area contributed by atoms with Crippen LogP contribution in [-0.2, 0) is 0 Å². The first kappa shape index (κ1) is 15.8. The predicted octanol–water partition coefficient (Wildman–Crippen LogP) is 4.38. The predicted molar refractivity (Wildman–Crippen MR) is 85.8 cm³/mol. The molecule has 7 heteroatoms. The number of benzene rings is 2. The fourth-order valence-corrected chi connectivity index (χ4v) is 2.18. The number of nitrogen functional groups attached to an aromatic ring is 1. The molecule has 0 radical (unpaired) electrons. The molecule has 110 valence electrons. The van der Waals surface area contributed by atoms with Crippen molar-refractivity contribution in [1.29, 1.82) is 0 Å². The summed E-state index contributed by atoms with van der Waals surface area (Å²) in [5.41, 5.74) is 6.62. The van der Waals surface area contributed by atoms with E-state index in [1.165, 1.54) is 25.2 Å². The van der Waals surface area contributed by atoms with Gasteiger partial charge in [-0.3, -0.25) is 4.79 Å². The highest BCUT2D eigenvalue weighted by Crippen LogP contribution is 2.38. The van der Waals surface area contributed by atoms with E-state index in [2.05, 4.69) is 5.32 Å². The lowest BCUT2D eigenvalue weighted by molar-refractivity contribution is 0.0963. The van der Waals surface area contributed by atoms with Crippen molar-refractivity contribution >= 4 is 46.4 Å². The van der Waals surface area contributed by atoms with Gasteiger partial charge >= 0.3 is 0 Å². The Bertz CT molecular complexity index is 705. The van der Waals surface area contributed by atoms with Gasteiger partial charge in [0.1, 0.15) is 5.75 Å². The Balaban J connectivity index is 2.39. The smallest absolute Gasteiger partial charge is 0.251 e. The lowest BCUT2D eigenvalue weighted by Crippen LogP contribution is -2.17. The summed E-state index contributed by atoms with van der Waals surface area (Å²) in [6.45, 7) is 0. The van der Waals surface area contributed by atoms with Crippen LogP contribution in [0.1, 0.15) is 10.4 Å². The maximum Gasteiger partial charge on any atom is 0.251 e. The van der Waals surface area contributed by atoms with Crippen molar-refractivity contribution in [3.05, 3.63) is 51.0 Å². The third kappa shape index (κ3) is 3.53. The number of anilines is 1. The van der Waals surface area contributed by atoms with E-state index in [1.54, 1.807) is 12.1 Å². The quantitative estimate of drug-likeness (QED) is 0.641. The fourth-order valence-electron chi connectivity index (χ4n) is 1.61. The van der Waals surface area contributed by atoms with Crippen molar-refractivity contribution in [3.8, 4) is 11.5 Å². The number of nitrogens with two attached hydrogens (primary N) is 1. The number of carbonyl (C=O) groups is 1. The Hall–Kier alpha value is -1.62. The summed E-state index contributed by atoms with van der Waals surface area (Å²) in [7, 11) is 1.54. The first-order chi connectivity index (χ1) is 9.92. The molecule has 0 aliphatic heterocycles. The number of rotatable bonds is 3. The molecule has 1 amide bonds. The van der Waals surface area contributed by atoms with Crippen LogP contribution >= 0.6 is 34.8 Å². The molecule has 0 unspecified atom stereocenters. The molecule has 0 heterocycles. The summed E-state index contributed by atoms with van der Waals surface area (Å²) in [6, 6.07) is 7.65. The Morgan fingerprint density at radius 2 is 1.71 bits per heavy atom. The lowest BCUT2D eigenvalue weighted by Gasteiger charge is -2.12. The molecule has 2 aromatic rings. The highest BCUT2D eigenvalue weighted by molar-refractivity contribution is 6.43. The zero-order chi connectivity index (χ0) is 15.6. The van der Waals surface area contributed by atoms with Gasteiger partial charge in [-0.25, -0.2) is 0 Å². The largest absolute Gasteiger partial charge is 0.454 e. The Morgan fingerprint density at radius 1 is 1.05 bits per heavy atom. The van der Waals surface area contributed by atoms with E-state index in [4.69, 9.17) is 45.3 Å². The van der Waals surface area contributed by atoms with Gasteiger partial charge in [0.05, 0.1) is 20.8 Å². The van der Waals surface area contributed by atoms with Crippen LogP contribution in [0.25, 0.3) is 0 Å². The first-order valence-electron chi connectivity index (χ1n) is 5.86. The van der Waals surface area contributed by atoms with Crippen molar-refractivity contribution < 1.29 is 9.53 Å². The number of nitrogens with one attached hydrogen (secondary N) is 1. The molecule has 0 saturated carbocycles. The van der Waals surface area contributed by atoms with E-state index in [0.29, 0.717) is 32.8 Å². The maximum atomic E-state index is 11.6. The number of halogens is 3. The van der Waals surface area contributed by atoms with Gasteiger partial charge in [-0.2, -0.15) is 0 Å². The van der Waals surface area contributed by atoms with Crippen LogP contribution in [0.15, 0.2) is 30.3 Å². The van der Waals surface area contributed by atoms with E-state index in [-0.39, 0.29) is 10.9 Å². The number of hydrogen-bond acceptors (Lipinski definition) is 3. The normalized spacial score (nSPS) is 10.3. The second-order valence-corrected chi connectivity index (χ2v) is 5.35. The molecule has 4 nitrogen and oxygen atoms in total. The van der Waals surface area contributed by atoms with Gasteiger partial charge in [0.25, 0.3) is 5.91 Å². The van der Waals surface area contributed by atoms with Crippen LogP contribution in [0, 0.1) is 0 Å². The molecule has 2 aromatic carbocycles. The second kappa shape index (κ2) is 6.43. The molecule has 0 atom stereocenters. The van der Waals surface area contributed by atoms with E-state index in [9.17, 15) is 4.79 Å². The van der Waals surface area contributed by atoms with Crippen molar-refractivity contribution in [3.63, 3.8) is 0 Å². The lowest BCUT2D eigenvalue weighted by atomic mass is 10.2. The highest BCUT2D eigenvalue weighted by Gasteiger charge is 2.12. The Morgan fingerprint density at radius 3 is 2.38 bits per heavy atom. The zero-order valence-corrected chi connectivity index (χ0v) is 13.2. The molecule has 0 aliphatic carbocycles. The van der Waals surface area contributed by atoms with E-state index < -0.39 is 0 Å². The van der Waals surface area contributed by atoms with E-state index >= 15 is 0 Å². The van der Waals surface area contributed by atoms with E-state index in [0.717, 1.165) is 0 Å². The standard InChI is InChI=1S/C14H11Cl3N2O2/c1-19-14(20)7-2-3-11(18)13(4-7)21-12-6-9(16)8(15)5-10(12)17/h2-6H,18H2,1H3,(H,19,20). The van der Waals surface area contributed by atoms with Crippen LogP contribution in [0.4, 0.5) is 5.69 Å². The molecule has 3 N–H and O–H groups in total. The summed E-state index contributed by atoms with van der Waals surface area (Å²) >= 11 is 17.8. The minimum Gasteiger partial charge on any atom is -0.454 e. The maximum absolute atomic E-state index is 11.6. The summed E-state index contributed by atoms with van der Waals surface area (Å²) in [5.74, 6) is 0.350. The van der Waals surface area contributed by atoms with Gasteiger partial charge in [-0.05, 0) is 24.3 Å². The van der Waals surface area contributed by atoms with Crippen LogP contribution in [-0.4, -0.2) is 13.0 Å². The van der Waals surface area contributed by atoms with Crippen molar-refractivity contribution in [2.24, 2.45) is 0 Å². The SMILES string of the molecule is CNC(=O)c1ccc(N)c(Oc2cc(Cl)c(Cl)cc2Cl)c1.